The Morgan fingerprint density at radius 2 is 2.26 bits per heavy atom. The summed E-state index contributed by atoms with van der Waals surface area (Å²) in [6.07, 6.45) is 6.55. The molecule has 2 N–H and O–H groups in total. The first-order valence-corrected chi connectivity index (χ1v) is 8.07. The average molecular weight is 326 g/mol. The van der Waals surface area contributed by atoms with Crippen LogP contribution in [-0.2, 0) is 0 Å². The Bertz CT molecular complexity index is 400. The molecule has 1 aromatic rings. The zero-order valence-corrected chi connectivity index (χ0v) is 13.5. The zero-order chi connectivity index (χ0) is 13.7. The molecule has 2 rings (SSSR count). The topological polar surface area (TPSA) is 37.0 Å². The van der Waals surface area contributed by atoms with Crippen molar-refractivity contribution in [3.8, 4) is 0 Å². The maximum atomic E-state index is 4.43. The van der Waals surface area contributed by atoms with Crippen LogP contribution in [0.3, 0.4) is 0 Å². The highest BCUT2D eigenvalue weighted by Crippen LogP contribution is 2.19. The molecular weight excluding hydrogens is 302 g/mol. The molecule has 2 unspecified atom stereocenters. The third-order valence-electron chi connectivity index (χ3n) is 3.75. The van der Waals surface area contributed by atoms with Crippen molar-refractivity contribution < 1.29 is 0 Å². The molecule has 2 heterocycles. The van der Waals surface area contributed by atoms with Gasteiger partial charge >= 0.3 is 0 Å². The fraction of sp³-hybridized carbons (Fsp3) is 0.667. The van der Waals surface area contributed by atoms with Crippen LogP contribution in [-0.4, -0.2) is 23.6 Å². The minimum atomic E-state index is 0.470. The van der Waals surface area contributed by atoms with E-state index in [-0.39, 0.29) is 0 Å². The Morgan fingerprint density at radius 3 is 3.05 bits per heavy atom. The summed E-state index contributed by atoms with van der Waals surface area (Å²) in [6, 6.07) is 5.22. The van der Waals surface area contributed by atoms with Gasteiger partial charge in [-0.25, -0.2) is 4.98 Å². The maximum Gasteiger partial charge on any atom is 0.106 e. The van der Waals surface area contributed by atoms with E-state index >= 15 is 0 Å². The second-order valence-corrected chi connectivity index (χ2v) is 6.36. The summed E-state index contributed by atoms with van der Waals surface area (Å²) in [7, 11) is 0. The van der Waals surface area contributed by atoms with Gasteiger partial charge in [0.15, 0.2) is 0 Å². The summed E-state index contributed by atoms with van der Waals surface area (Å²) in [5.74, 6) is 0. The lowest BCUT2D eigenvalue weighted by Gasteiger charge is -2.22. The molecule has 106 valence electrons. The summed E-state index contributed by atoms with van der Waals surface area (Å²) in [5, 5.41) is 7.24. The van der Waals surface area contributed by atoms with Crippen molar-refractivity contribution in [2.24, 2.45) is 0 Å². The van der Waals surface area contributed by atoms with E-state index in [0.717, 1.165) is 16.0 Å². The molecule has 0 aromatic carbocycles. The molecule has 1 fully saturated rings. The fourth-order valence-corrected chi connectivity index (χ4v) is 3.13. The largest absolute Gasteiger partial charge is 0.381 e. The number of anilines is 1. The third-order valence-corrected chi connectivity index (χ3v) is 4.20. The van der Waals surface area contributed by atoms with E-state index in [0.29, 0.717) is 12.1 Å². The number of aromatic nitrogens is 1. The van der Waals surface area contributed by atoms with Crippen LogP contribution in [0.15, 0.2) is 16.7 Å². The molecule has 0 radical (unpaired) electrons. The zero-order valence-electron chi connectivity index (χ0n) is 11.9. The maximum absolute atomic E-state index is 4.43. The SMILES string of the molecule is Cc1nc(Br)ccc1NC(C)CC1CCCCCN1. The summed E-state index contributed by atoms with van der Waals surface area (Å²) < 4.78 is 0.897. The van der Waals surface area contributed by atoms with Crippen molar-refractivity contribution in [1.82, 2.24) is 10.3 Å². The van der Waals surface area contributed by atoms with Crippen molar-refractivity contribution in [3.63, 3.8) is 0 Å². The van der Waals surface area contributed by atoms with Crippen LogP contribution in [0.2, 0.25) is 0 Å². The Morgan fingerprint density at radius 1 is 1.42 bits per heavy atom. The van der Waals surface area contributed by atoms with Crippen molar-refractivity contribution in [2.75, 3.05) is 11.9 Å². The first kappa shape index (κ1) is 14.8. The van der Waals surface area contributed by atoms with Gasteiger partial charge in [-0.3, -0.25) is 0 Å². The second kappa shape index (κ2) is 7.25. The molecule has 0 saturated carbocycles. The van der Waals surface area contributed by atoms with E-state index < -0.39 is 0 Å². The van der Waals surface area contributed by atoms with E-state index in [9.17, 15) is 0 Å². The number of halogens is 1. The van der Waals surface area contributed by atoms with Crippen LogP contribution < -0.4 is 10.6 Å². The van der Waals surface area contributed by atoms with Crippen LogP contribution in [0.1, 0.15) is 44.7 Å². The lowest BCUT2D eigenvalue weighted by atomic mass is 10.0. The van der Waals surface area contributed by atoms with Gasteiger partial charge in [-0.2, -0.15) is 0 Å². The van der Waals surface area contributed by atoms with Gasteiger partial charge in [0, 0.05) is 12.1 Å². The molecule has 0 spiro atoms. The van der Waals surface area contributed by atoms with Crippen molar-refractivity contribution >= 4 is 21.6 Å². The van der Waals surface area contributed by atoms with Crippen LogP contribution >= 0.6 is 15.9 Å². The van der Waals surface area contributed by atoms with Crippen LogP contribution in [0.25, 0.3) is 0 Å². The lowest BCUT2D eigenvalue weighted by molar-refractivity contribution is 0.456. The quantitative estimate of drug-likeness (QED) is 0.825. The van der Waals surface area contributed by atoms with E-state index in [2.05, 4.69) is 44.5 Å². The molecule has 1 aromatic heterocycles. The van der Waals surface area contributed by atoms with E-state index in [4.69, 9.17) is 0 Å². The lowest BCUT2D eigenvalue weighted by Crippen LogP contribution is -2.33. The van der Waals surface area contributed by atoms with E-state index in [1.807, 2.05) is 13.0 Å². The minimum Gasteiger partial charge on any atom is -0.381 e. The molecule has 3 nitrogen and oxygen atoms in total. The summed E-state index contributed by atoms with van der Waals surface area (Å²) >= 11 is 3.40. The normalized spacial score (nSPS) is 21.7. The number of hydrogen-bond acceptors (Lipinski definition) is 3. The first-order chi connectivity index (χ1) is 9.15. The van der Waals surface area contributed by atoms with Gasteiger partial charge in [-0.05, 0) is 67.7 Å². The number of aryl methyl sites for hydroxylation is 1. The molecule has 19 heavy (non-hydrogen) atoms. The van der Waals surface area contributed by atoms with Gasteiger partial charge in [0.05, 0.1) is 11.4 Å². The average Bonchev–Trinajstić information content (AvgIpc) is 2.61. The number of nitrogens with one attached hydrogen (secondary N) is 2. The number of pyridine rings is 1. The predicted molar refractivity (Wildman–Crippen MR) is 84.6 cm³/mol. The highest BCUT2D eigenvalue weighted by atomic mass is 79.9. The molecule has 1 aliphatic heterocycles. The van der Waals surface area contributed by atoms with Gasteiger partial charge in [0.2, 0.25) is 0 Å². The minimum absolute atomic E-state index is 0.470. The first-order valence-electron chi connectivity index (χ1n) is 7.28. The highest BCUT2D eigenvalue weighted by Gasteiger charge is 2.15. The van der Waals surface area contributed by atoms with Crippen molar-refractivity contribution in [3.05, 3.63) is 22.4 Å². The smallest absolute Gasteiger partial charge is 0.106 e. The molecule has 0 amide bonds. The summed E-state index contributed by atoms with van der Waals surface area (Å²) in [5.41, 5.74) is 2.19. The van der Waals surface area contributed by atoms with E-state index in [1.165, 1.54) is 38.6 Å². The van der Waals surface area contributed by atoms with Gasteiger partial charge in [-0.15, -0.1) is 0 Å². The number of nitrogens with zero attached hydrogens (tertiary/aromatic N) is 1. The fourth-order valence-electron chi connectivity index (χ4n) is 2.74. The van der Waals surface area contributed by atoms with Gasteiger partial charge in [-0.1, -0.05) is 12.8 Å². The highest BCUT2D eigenvalue weighted by molar-refractivity contribution is 9.10. The third kappa shape index (κ3) is 4.77. The van der Waals surface area contributed by atoms with Gasteiger partial charge in [0.1, 0.15) is 4.60 Å². The molecule has 1 saturated heterocycles. The molecule has 0 aliphatic carbocycles. The molecule has 4 heteroatoms. The van der Waals surface area contributed by atoms with Crippen LogP contribution in [0.5, 0.6) is 0 Å². The predicted octanol–water partition coefficient (Wildman–Crippen LogP) is 3.88. The van der Waals surface area contributed by atoms with Crippen molar-refractivity contribution in [1.29, 1.82) is 0 Å². The molecule has 2 atom stereocenters. The second-order valence-electron chi connectivity index (χ2n) is 5.55. The molecular formula is C15H24BrN3. The Balaban J connectivity index is 1.87. The number of hydrogen-bond donors (Lipinski definition) is 2. The Labute approximate surface area is 124 Å². The van der Waals surface area contributed by atoms with Crippen LogP contribution in [0.4, 0.5) is 5.69 Å². The van der Waals surface area contributed by atoms with E-state index in [1.54, 1.807) is 0 Å². The van der Waals surface area contributed by atoms with Crippen LogP contribution in [0, 0.1) is 6.92 Å². The standard InChI is InChI=1S/C15H24BrN3/c1-11(10-13-6-4-3-5-9-17-13)18-14-7-8-15(16)19-12(14)2/h7-8,11,13,17-18H,3-6,9-10H2,1-2H3. The van der Waals surface area contributed by atoms with Gasteiger partial charge in [0.25, 0.3) is 0 Å². The summed E-state index contributed by atoms with van der Waals surface area (Å²) in [6.45, 7) is 5.48. The van der Waals surface area contributed by atoms with Crippen molar-refractivity contribution in [2.45, 2.75) is 58.0 Å². The molecule has 0 bridgehead atoms. The summed E-state index contributed by atoms with van der Waals surface area (Å²) in [4.78, 5) is 4.43. The van der Waals surface area contributed by atoms with Gasteiger partial charge < -0.3 is 10.6 Å². The number of rotatable bonds is 4. The monoisotopic (exact) mass is 325 g/mol. The Kier molecular flexibility index (Phi) is 5.64. The molecule has 1 aliphatic rings. The Hall–Kier alpha value is -0.610.